The van der Waals surface area contributed by atoms with Crippen LogP contribution in [-0.2, 0) is 0 Å². The summed E-state index contributed by atoms with van der Waals surface area (Å²) >= 11 is 0. The molecule has 1 aliphatic heterocycles. The predicted molar refractivity (Wildman–Crippen MR) is 103 cm³/mol. The number of anilines is 1. The van der Waals surface area contributed by atoms with Gasteiger partial charge in [-0.3, -0.25) is 4.99 Å². The highest BCUT2D eigenvalue weighted by Gasteiger charge is 2.30. The van der Waals surface area contributed by atoms with E-state index >= 15 is 0 Å². The van der Waals surface area contributed by atoms with E-state index in [9.17, 15) is 9.50 Å². The highest BCUT2D eigenvalue weighted by Crippen LogP contribution is 2.39. The number of hydrogen-bond donors (Lipinski definition) is 1. The lowest BCUT2D eigenvalue weighted by Gasteiger charge is -2.42. The molecule has 0 atom stereocenters. The third-order valence-electron chi connectivity index (χ3n) is 4.59. The zero-order chi connectivity index (χ0) is 18.2. The van der Waals surface area contributed by atoms with E-state index in [-0.39, 0.29) is 17.1 Å². The first-order chi connectivity index (χ1) is 11.8. The molecule has 2 aromatic rings. The van der Waals surface area contributed by atoms with Gasteiger partial charge in [-0.1, -0.05) is 12.1 Å². The molecule has 0 spiro atoms. The van der Waals surface area contributed by atoms with E-state index in [1.807, 2.05) is 6.07 Å². The van der Waals surface area contributed by atoms with Crippen LogP contribution in [0.5, 0.6) is 5.75 Å². The van der Waals surface area contributed by atoms with Crippen molar-refractivity contribution in [3.63, 3.8) is 0 Å². The van der Waals surface area contributed by atoms with Crippen molar-refractivity contribution in [3.05, 3.63) is 59.4 Å². The van der Waals surface area contributed by atoms with E-state index in [1.165, 1.54) is 6.21 Å². The summed E-state index contributed by atoms with van der Waals surface area (Å²) in [6.45, 7) is 9.22. The van der Waals surface area contributed by atoms with Gasteiger partial charge in [-0.15, -0.1) is 0 Å². The average molecular weight is 338 g/mol. The second-order valence-corrected chi connectivity index (χ2v) is 6.89. The molecule has 0 radical (unpaired) electrons. The number of nitrogens with zero attached hydrogens (tertiary/aromatic N) is 2. The van der Waals surface area contributed by atoms with Crippen LogP contribution in [0.1, 0.15) is 38.8 Å². The summed E-state index contributed by atoms with van der Waals surface area (Å²) in [5.41, 5.74) is 3.96. The largest absolute Gasteiger partial charge is 0.508 e. The summed E-state index contributed by atoms with van der Waals surface area (Å²) in [5.74, 6) is -0.160. The first-order valence-corrected chi connectivity index (χ1v) is 8.46. The van der Waals surface area contributed by atoms with E-state index in [0.717, 1.165) is 23.4 Å². The molecule has 0 aromatic heterocycles. The van der Waals surface area contributed by atoms with E-state index in [0.29, 0.717) is 11.3 Å². The van der Waals surface area contributed by atoms with Gasteiger partial charge >= 0.3 is 0 Å². The number of aromatic hydroxyl groups is 1. The molecule has 0 unspecified atom stereocenters. The minimum Gasteiger partial charge on any atom is -0.508 e. The molecule has 1 aliphatic rings. The number of halogens is 1. The summed E-state index contributed by atoms with van der Waals surface area (Å²) in [4.78, 5) is 6.48. The van der Waals surface area contributed by atoms with Crippen LogP contribution in [0.25, 0.3) is 5.57 Å². The normalized spacial score (nSPS) is 16.0. The minimum atomic E-state index is -0.299. The molecule has 0 saturated heterocycles. The second-order valence-electron chi connectivity index (χ2n) is 6.89. The van der Waals surface area contributed by atoms with Gasteiger partial charge in [-0.2, -0.15) is 0 Å². The van der Waals surface area contributed by atoms with Gasteiger partial charge in [0.15, 0.2) is 0 Å². The fourth-order valence-electron chi connectivity index (χ4n) is 3.51. The Morgan fingerprint density at radius 1 is 1.24 bits per heavy atom. The van der Waals surface area contributed by atoms with Crippen LogP contribution in [-0.4, -0.2) is 23.4 Å². The minimum absolute atomic E-state index is 0.139. The summed E-state index contributed by atoms with van der Waals surface area (Å²) in [6, 6.07) is 10.0. The van der Waals surface area contributed by atoms with Gasteiger partial charge in [0, 0.05) is 35.6 Å². The van der Waals surface area contributed by atoms with Gasteiger partial charge in [0.2, 0.25) is 0 Å². The number of likely N-dealkylation sites (N-methyl/N-ethyl adjacent to an activating group) is 1. The Hall–Kier alpha value is -2.62. The average Bonchev–Trinajstić information content (AvgIpc) is 2.53. The maximum absolute atomic E-state index is 14.7. The standard InChI is InChI=1S/C21H23FN2O/c1-5-24-20-11-19(22)15(9-18(20)14(2)12-21(24,3)4)13-23-16-7-6-8-17(25)10-16/h6-13,25H,5H2,1-4H3. The topological polar surface area (TPSA) is 35.8 Å². The lowest BCUT2D eigenvalue weighted by Crippen LogP contribution is -2.45. The molecule has 3 nitrogen and oxygen atoms in total. The Kier molecular flexibility index (Phi) is 4.38. The van der Waals surface area contributed by atoms with E-state index in [2.05, 4.69) is 43.7 Å². The Balaban J connectivity index is 2.03. The first kappa shape index (κ1) is 17.2. The Morgan fingerprint density at radius 2 is 2.00 bits per heavy atom. The summed E-state index contributed by atoms with van der Waals surface area (Å²) < 4.78 is 14.7. The number of phenols is 1. The van der Waals surface area contributed by atoms with Gasteiger partial charge in [0.25, 0.3) is 0 Å². The molecule has 0 bridgehead atoms. The Morgan fingerprint density at radius 3 is 2.68 bits per heavy atom. The van der Waals surface area contributed by atoms with Gasteiger partial charge in [0.1, 0.15) is 11.6 Å². The number of allylic oxidation sites excluding steroid dienone is 1. The van der Waals surface area contributed by atoms with Gasteiger partial charge in [-0.05, 0) is 57.5 Å². The molecule has 0 saturated carbocycles. The molecule has 0 fully saturated rings. The molecule has 1 heterocycles. The maximum Gasteiger partial charge on any atom is 0.134 e. The van der Waals surface area contributed by atoms with Crippen LogP contribution in [0, 0.1) is 5.82 Å². The molecule has 0 amide bonds. The summed E-state index contributed by atoms with van der Waals surface area (Å²) in [6.07, 6.45) is 3.72. The molecule has 0 aliphatic carbocycles. The molecule has 4 heteroatoms. The molecular weight excluding hydrogens is 315 g/mol. The number of benzene rings is 2. The van der Waals surface area contributed by atoms with Crippen LogP contribution in [0.2, 0.25) is 0 Å². The molecule has 2 aromatic carbocycles. The monoisotopic (exact) mass is 338 g/mol. The van der Waals surface area contributed by atoms with E-state index < -0.39 is 0 Å². The number of phenolic OH excluding ortho intramolecular Hbond substituents is 1. The van der Waals surface area contributed by atoms with Crippen molar-refractivity contribution in [1.29, 1.82) is 0 Å². The molecule has 130 valence electrons. The van der Waals surface area contributed by atoms with Crippen LogP contribution >= 0.6 is 0 Å². The van der Waals surface area contributed by atoms with E-state index in [1.54, 1.807) is 30.3 Å². The highest BCUT2D eigenvalue weighted by atomic mass is 19.1. The SMILES string of the molecule is CCN1c2cc(F)c(C=Nc3cccc(O)c3)cc2C(C)=CC1(C)C. The Labute approximate surface area is 148 Å². The van der Waals surface area contributed by atoms with Crippen molar-refractivity contribution in [3.8, 4) is 5.75 Å². The summed E-state index contributed by atoms with van der Waals surface area (Å²) in [5, 5.41) is 9.50. The van der Waals surface area contributed by atoms with Gasteiger partial charge in [0.05, 0.1) is 11.2 Å². The third kappa shape index (κ3) is 3.29. The zero-order valence-corrected chi connectivity index (χ0v) is 15.0. The van der Waals surface area contributed by atoms with Gasteiger partial charge in [-0.25, -0.2) is 4.39 Å². The van der Waals surface area contributed by atoms with Crippen molar-refractivity contribution in [1.82, 2.24) is 0 Å². The highest BCUT2D eigenvalue weighted by molar-refractivity contribution is 5.89. The van der Waals surface area contributed by atoms with Crippen molar-refractivity contribution >= 4 is 23.2 Å². The fraction of sp³-hybridized carbons (Fsp3) is 0.286. The Bertz CT molecular complexity index is 868. The van der Waals surface area contributed by atoms with Crippen LogP contribution in [0.4, 0.5) is 15.8 Å². The predicted octanol–water partition coefficient (Wildman–Crippen LogP) is 5.30. The zero-order valence-electron chi connectivity index (χ0n) is 15.0. The third-order valence-corrected chi connectivity index (χ3v) is 4.59. The van der Waals surface area contributed by atoms with Crippen molar-refractivity contribution in [2.45, 2.75) is 33.2 Å². The molecular formula is C21H23FN2O. The number of fused-ring (bicyclic) bond motifs is 1. The van der Waals surface area contributed by atoms with E-state index in [4.69, 9.17) is 0 Å². The second kappa shape index (κ2) is 6.36. The number of rotatable bonds is 3. The van der Waals surface area contributed by atoms with Crippen molar-refractivity contribution in [2.75, 3.05) is 11.4 Å². The summed E-state index contributed by atoms with van der Waals surface area (Å²) in [7, 11) is 0. The van der Waals surface area contributed by atoms with Crippen molar-refractivity contribution in [2.24, 2.45) is 4.99 Å². The lowest BCUT2D eigenvalue weighted by molar-refractivity contribution is 0.475. The van der Waals surface area contributed by atoms with Crippen LogP contribution in [0.15, 0.2) is 47.5 Å². The van der Waals surface area contributed by atoms with Crippen LogP contribution < -0.4 is 4.90 Å². The fourth-order valence-corrected chi connectivity index (χ4v) is 3.51. The van der Waals surface area contributed by atoms with Gasteiger partial charge < -0.3 is 10.0 Å². The number of hydrogen-bond acceptors (Lipinski definition) is 3. The van der Waals surface area contributed by atoms with Crippen molar-refractivity contribution < 1.29 is 9.50 Å². The number of aliphatic imine (C=N–C) groups is 1. The quantitative estimate of drug-likeness (QED) is 0.771. The first-order valence-electron chi connectivity index (χ1n) is 8.46. The van der Waals surface area contributed by atoms with Crippen LogP contribution in [0.3, 0.4) is 0 Å². The smallest absolute Gasteiger partial charge is 0.134 e. The molecule has 3 rings (SSSR count). The molecule has 25 heavy (non-hydrogen) atoms. The molecule has 1 N–H and O–H groups in total. The lowest BCUT2D eigenvalue weighted by atomic mass is 9.88. The maximum atomic E-state index is 14.7.